The van der Waals surface area contributed by atoms with E-state index in [1.54, 1.807) is 54.6 Å². The molecule has 2 aliphatic heterocycles. The van der Waals surface area contributed by atoms with Crippen LogP contribution in [0.3, 0.4) is 0 Å². The summed E-state index contributed by atoms with van der Waals surface area (Å²) in [6.07, 6.45) is 3.23. The minimum atomic E-state index is -3.44. The van der Waals surface area contributed by atoms with E-state index >= 15 is 0 Å². The zero-order valence-electron chi connectivity index (χ0n) is 18.5. The molecule has 2 heterocycles. The lowest BCUT2D eigenvalue weighted by Gasteiger charge is -2.34. The second-order valence-electron chi connectivity index (χ2n) is 8.75. The Kier molecular flexibility index (Phi) is 7.60. The molecule has 2 aliphatic rings. The smallest absolute Gasteiger partial charge is 0.253 e. The number of amides is 1. The average Bonchev–Trinajstić information content (AvgIpc) is 2.84. The highest BCUT2D eigenvalue weighted by molar-refractivity contribution is 7.90. The number of hydrogen-bond donors (Lipinski definition) is 0. The summed E-state index contributed by atoms with van der Waals surface area (Å²) in [4.78, 5) is 17.7. The van der Waals surface area contributed by atoms with E-state index in [0.29, 0.717) is 21.9 Å². The van der Waals surface area contributed by atoms with Crippen LogP contribution in [0.2, 0.25) is 0 Å². The Balaban J connectivity index is 1.31. The molecule has 6 nitrogen and oxygen atoms in total. The first kappa shape index (κ1) is 23.0. The Morgan fingerprint density at radius 3 is 2.38 bits per heavy atom. The fourth-order valence-corrected chi connectivity index (χ4v) is 5.88. The van der Waals surface area contributed by atoms with E-state index in [4.69, 9.17) is 4.74 Å². The first-order chi connectivity index (χ1) is 15.5. The molecule has 0 aliphatic carbocycles. The van der Waals surface area contributed by atoms with Gasteiger partial charge in [-0.2, -0.15) is 0 Å². The van der Waals surface area contributed by atoms with Crippen LogP contribution in [0.5, 0.6) is 0 Å². The molecule has 0 radical (unpaired) electrons. The third-order valence-corrected chi connectivity index (χ3v) is 8.20. The maximum atomic E-state index is 13.1. The number of sulfone groups is 1. The van der Waals surface area contributed by atoms with Crippen molar-refractivity contribution < 1.29 is 17.9 Å². The van der Waals surface area contributed by atoms with Gasteiger partial charge in [0.25, 0.3) is 5.91 Å². The highest BCUT2D eigenvalue weighted by atomic mass is 32.2. The molecule has 0 spiro atoms. The van der Waals surface area contributed by atoms with Gasteiger partial charge < -0.3 is 9.64 Å². The number of morpholine rings is 1. The Labute approximate surface area is 191 Å². The van der Waals surface area contributed by atoms with Gasteiger partial charge in [0.2, 0.25) is 0 Å². The number of piperidine rings is 1. The summed E-state index contributed by atoms with van der Waals surface area (Å²) >= 11 is 0. The third kappa shape index (κ3) is 5.97. The van der Waals surface area contributed by atoms with Gasteiger partial charge in [0, 0.05) is 31.7 Å². The molecule has 2 saturated heterocycles. The SMILES string of the molecule is O=C(c1cccc(CS(=O)(=O)c2ccccc2)c1)N1CCC(CCN2CCOCC2)CC1. The largest absolute Gasteiger partial charge is 0.379 e. The first-order valence-electron chi connectivity index (χ1n) is 11.5. The topological polar surface area (TPSA) is 66.9 Å². The van der Waals surface area contributed by atoms with Crippen molar-refractivity contribution in [2.24, 2.45) is 5.92 Å². The van der Waals surface area contributed by atoms with Gasteiger partial charge in [-0.3, -0.25) is 9.69 Å². The number of likely N-dealkylation sites (tertiary alicyclic amines) is 1. The minimum Gasteiger partial charge on any atom is -0.379 e. The van der Waals surface area contributed by atoms with Crippen molar-refractivity contribution >= 4 is 15.7 Å². The fourth-order valence-electron chi connectivity index (χ4n) is 4.52. The summed E-state index contributed by atoms with van der Waals surface area (Å²) in [5, 5.41) is 0. The van der Waals surface area contributed by atoms with Crippen molar-refractivity contribution in [3.05, 3.63) is 65.7 Å². The second-order valence-corrected chi connectivity index (χ2v) is 10.7. The number of benzene rings is 2. The minimum absolute atomic E-state index is 0.00408. The van der Waals surface area contributed by atoms with E-state index < -0.39 is 9.84 Å². The molecule has 1 amide bonds. The summed E-state index contributed by atoms with van der Waals surface area (Å²) in [7, 11) is -3.44. The van der Waals surface area contributed by atoms with E-state index in [1.165, 1.54) is 6.42 Å². The Bertz CT molecular complexity index is 996. The van der Waals surface area contributed by atoms with Gasteiger partial charge >= 0.3 is 0 Å². The number of hydrogen-bond acceptors (Lipinski definition) is 5. The Morgan fingerprint density at radius 1 is 0.938 bits per heavy atom. The molecular formula is C25H32N2O4S. The van der Waals surface area contributed by atoms with Gasteiger partial charge in [0.15, 0.2) is 9.84 Å². The van der Waals surface area contributed by atoms with Crippen molar-refractivity contribution in [1.82, 2.24) is 9.80 Å². The van der Waals surface area contributed by atoms with Crippen molar-refractivity contribution in [3.8, 4) is 0 Å². The molecule has 0 bridgehead atoms. The van der Waals surface area contributed by atoms with Gasteiger partial charge in [0.1, 0.15) is 0 Å². The van der Waals surface area contributed by atoms with E-state index in [1.807, 2.05) is 4.90 Å². The standard InChI is InChI=1S/C25H32N2O4S/c28-25(27-13-10-21(11-14-27)9-12-26-15-17-31-18-16-26)23-6-4-5-22(19-23)20-32(29,30)24-7-2-1-3-8-24/h1-8,19,21H,9-18,20H2. The summed E-state index contributed by atoms with van der Waals surface area (Å²) in [5.41, 5.74) is 1.21. The highest BCUT2D eigenvalue weighted by Gasteiger charge is 2.25. The normalized spacial score (nSPS) is 18.6. The van der Waals surface area contributed by atoms with Gasteiger partial charge in [0.05, 0.1) is 23.9 Å². The second kappa shape index (κ2) is 10.6. The zero-order chi connectivity index (χ0) is 22.4. The summed E-state index contributed by atoms with van der Waals surface area (Å²) < 4.78 is 30.8. The molecule has 0 N–H and O–H groups in total. The maximum absolute atomic E-state index is 13.1. The number of carbonyl (C=O) groups excluding carboxylic acids is 1. The summed E-state index contributed by atoms with van der Waals surface area (Å²) in [6.45, 7) is 6.34. The van der Waals surface area contributed by atoms with Crippen LogP contribution >= 0.6 is 0 Å². The Morgan fingerprint density at radius 2 is 1.66 bits per heavy atom. The molecule has 0 unspecified atom stereocenters. The van der Waals surface area contributed by atoms with Crippen LogP contribution in [0, 0.1) is 5.92 Å². The summed E-state index contributed by atoms with van der Waals surface area (Å²) in [5.74, 6) is 0.543. The molecule has 2 aromatic carbocycles. The zero-order valence-corrected chi connectivity index (χ0v) is 19.3. The fraction of sp³-hybridized carbons (Fsp3) is 0.480. The van der Waals surface area contributed by atoms with Crippen molar-refractivity contribution in [1.29, 1.82) is 0 Å². The molecule has 0 saturated carbocycles. The Hall–Kier alpha value is -2.22. The van der Waals surface area contributed by atoms with E-state index in [0.717, 1.165) is 58.8 Å². The van der Waals surface area contributed by atoms with Gasteiger partial charge in [-0.05, 0) is 61.6 Å². The molecule has 172 valence electrons. The van der Waals surface area contributed by atoms with Crippen molar-refractivity contribution in [2.75, 3.05) is 45.9 Å². The molecular weight excluding hydrogens is 424 g/mol. The van der Waals surface area contributed by atoms with E-state index in [9.17, 15) is 13.2 Å². The molecule has 0 aromatic heterocycles. The molecule has 7 heteroatoms. The molecule has 2 fully saturated rings. The van der Waals surface area contributed by atoms with Crippen LogP contribution in [-0.4, -0.2) is 70.1 Å². The van der Waals surface area contributed by atoms with Crippen LogP contribution < -0.4 is 0 Å². The highest BCUT2D eigenvalue weighted by Crippen LogP contribution is 2.23. The predicted octanol–water partition coefficient (Wildman–Crippen LogP) is 3.24. The predicted molar refractivity (Wildman–Crippen MR) is 124 cm³/mol. The van der Waals surface area contributed by atoms with Crippen LogP contribution in [0.1, 0.15) is 35.2 Å². The lowest BCUT2D eigenvalue weighted by atomic mass is 9.93. The quantitative estimate of drug-likeness (QED) is 0.640. The van der Waals surface area contributed by atoms with Gasteiger partial charge in [-0.1, -0.05) is 30.3 Å². The summed E-state index contributed by atoms with van der Waals surface area (Å²) in [6, 6.07) is 15.5. The molecule has 32 heavy (non-hydrogen) atoms. The molecule has 4 rings (SSSR count). The lowest BCUT2D eigenvalue weighted by molar-refractivity contribution is 0.0332. The van der Waals surface area contributed by atoms with Gasteiger partial charge in [-0.15, -0.1) is 0 Å². The average molecular weight is 457 g/mol. The van der Waals surface area contributed by atoms with Crippen molar-refractivity contribution in [3.63, 3.8) is 0 Å². The number of carbonyl (C=O) groups is 1. The third-order valence-electron chi connectivity index (χ3n) is 6.49. The first-order valence-corrected chi connectivity index (χ1v) is 13.1. The lowest BCUT2D eigenvalue weighted by Crippen LogP contribution is -2.40. The number of nitrogens with zero attached hydrogens (tertiary/aromatic N) is 2. The van der Waals surface area contributed by atoms with E-state index in [-0.39, 0.29) is 11.7 Å². The van der Waals surface area contributed by atoms with Crippen LogP contribution in [-0.2, 0) is 20.3 Å². The monoisotopic (exact) mass is 456 g/mol. The molecule has 2 aromatic rings. The number of ether oxygens (including phenoxy) is 1. The van der Waals surface area contributed by atoms with Gasteiger partial charge in [-0.25, -0.2) is 8.42 Å². The maximum Gasteiger partial charge on any atom is 0.253 e. The van der Waals surface area contributed by atoms with Crippen LogP contribution in [0.4, 0.5) is 0 Å². The van der Waals surface area contributed by atoms with Crippen LogP contribution in [0.15, 0.2) is 59.5 Å². The van der Waals surface area contributed by atoms with Crippen LogP contribution in [0.25, 0.3) is 0 Å². The van der Waals surface area contributed by atoms with E-state index in [2.05, 4.69) is 4.90 Å². The molecule has 0 atom stereocenters. The number of rotatable bonds is 7. The van der Waals surface area contributed by atoms with Crippen molar-refractivity contribution in [2.45, 2.75) is 29.9 Å².